The quantitative estimate of drug-likeness (QED) is 0.537. The Labute approximate surface area is 120 Å². The van der Waals surface area contributed by atoms with Crippen LogP contribution in [0.1, 0.15) is 22.3 Å². The minimum Gasteiger partial charge on any atom is -0.398 e. The highest BCUT2D eigenvalue weighted by Gasteiger charge is 2.12. The molecule has 0 aliphatic heterocycles. The largest absolute Gasteiger partial charge is 0.398 e. The molecule has 19 heavy (non-hydrogen) atoms. The van der Waals surface area contributed by atoms with Crippen LogP contribution >= 0.6 is 15.9 Å². The fourth-order valence-electron chi connectivity index (χ4n) is 1.51. The maximum absolute atomic E-state index is 11.9. The number of rotatable bonds is 5. The van der Waals surface area contributed by atoms with Crippen LogP contribution in [-0.4, -0.2) is 26.6 Å². The first-order valence-corrected chi connectivity index (χ1v) is 8.06. The number of benzene rings is 1. The van der Waals surface area contributed by atoms with E-state index in [-0.39, 0.29) is 24.6 Å². The van der Waals surface area contributed by atoms with Gasteiger partial charge in [0.2, 0.25) is 10.0 Å². The molecule has 0 saturated heterocycles. The van der Waals surface area contributed by atoms with Crippen molar-refractivity contribution in [1.82, 2.24) is 5.32 Å². The number of carbonyl (C=O) groups excluding carboxylic acids is 1. The van der Waals surface area contributed by atoms with Crippen molar-refractivity contribution in [2.24, 2.45) is 5.14 Å². The normalized spacial score (nSPS) is 11.3. The number of anilines is 1. The third-order valence-electron chi connectivity index (χ3n) is 2.55. The first-order valence-electron chi connectivity index (χ1n) is 5.55. The van der Waals surface area contributed by atoms with Crippen LogP contribution in [0.15, 0.2) is 16.6 Å². The minimum absolute atomic E-state index is 0.160. The van der Waals surface area contributed by atoms with E-state index < -0.39 is 10.0 Å². The van der Waals surface area contributed by atoms with Crippen molar-refractivity contribution >= 4 is 37.5 Å². The van der Waals surface area contributed by atoms with Crippen LogP contribution in [0.25, 0.3) is 0 Å². The van der Waals surface area contributed by atoms with Gasteiger partial charge in [-0.1, -0.05) is 15.9 Å². The van der Waals surface area contributed by atoms with E-state index in [1.54, 1.807) is 19.1 Å². The summed E-state index contributed by atoms with van der Waals surface area (Å²) in [4.78, 5) is 11.9. The molecule has 0 spiro atoms. The second kappa shape index (κ2) is 6.36. The predicted octanol–water partition coefficient (Wildman–Crippen LogP) is 0.748. The number of hydrogen-bond donors (Lipinski definition) is 3. The van der Waals surface area contributed by atoms with E-state index in [0.717, 1.165) is 0 Å². The Kier molecular flexibility index (Phi) is 5.33. The highest BCUT2D eigenvalue weighted by molar-refractivity contribution is 9.10. The molecule has 0 fully saturated rings. The van der Waals surface area contributed by atoms with Crippen LogP contribution in [0.4, 0.5) is 5.69 Å². The highest BCUT2D eigenvalue weighted by Crippen LogP contribution is 2.22. The molecule has 1 rings (SSSR count). The van der Waals surface area contributed by atoms with Gasteiger partial charge in [0.1, 0.15) is 0 Å². The van der Waals surface area contributed by atoms with Gasteiger partial charge in [-0.2, -0.15) is 0 Å². The summed E-state index contributed by atoms with van der Waals surface area (Å²) in [5.74, 6) is -0.452. The van der Waals surface area contributed by atoms with E-state index in [1.165, 1.54) is 0 Å². The second-order valence-electron chi connectivity index (χ2n) is 4.14. The lowest BCUT2D eigenvalue weighted by Gasteiger charge is -2.10. The van der Waals surface area contributed by atoms with Crippen LogP contribution in [0.5, 0.6) is 0 Å². The van der Waals surface area contributed by atoms with Gasteiger partial charge in [-0.05, 0) is 31.0 Å². The van der Waals surface area contributed by atoms with Crippen molar-refractivity contribution in [2.75, 3.05) is 18.0 Å². The molecule has 0 aromatic heterocycles. The SMILES string of the molecule is Cc1c(N)cc(Br)cc1C(=O)NCCCS(N)(=O)=O. The lowest BCUT2D eigenvalue weighted by Crippen LogP contribution is -2.28. The Morgan fingerprint density at radius 2 is 2.05 bits per heavy atom. The van der Waals surface area contributed by atoms with Gasteiger partial charge in [0.25, 0.3) is 5.91 Å². The third kappa shape index (κ3) is 5.17. The van der Waals surface area contributed by atoms with Crippen molar-refractivity contribution in [2.45, 2.75) is 13.3 Å². The van der Waals surface area contributed by atoms with Gasteiger partial charge in [0, 0.05) is 22.3 Å². The molecule has 1 aromatic carbocycles. The predicted molar refractivity (Wildman–Crippen MR) is 78.2 cm³/mol. The molecule has 0 unspecified atom stereocenters. The monoisotopic (exact) mass is 349 g/mol. The summed E-state index contributed by atoms with van der Waals surface area (Å²) in [6.07, 6.45) is 0.271. The fourth-order valence-corrected chi connectivity index (χ4v) is 2.53. The summed E-state index contributed by atoms with van der Waals surface area (Å²) in [7, 11) is -3.49. The average molecular weight is 350 g/mol. The number of nitrogens with two attached hydrogens (primary N) is 2. The lowest BCUT2D eigenvalue weighted by atomic mass is 10.1. The Morgan fingerprint density at radius 1 is 1.42 bits per heavy atom. The first-order chi connectivity index (χ1) is 8.70. The number of primary sulfonamides is 1. The number of amides is 1. The minimum atomic E-state index is -3.49. The molecule has 0 aliphatic carbocycles. The summed E-state index contributed by atoms with van der Waals surface area (Å²) >= 11 is 3.27. The van der Waals surface area contributed by atoms with Gasteiger partial charge < -0.3 is 11.1 Å². The van der Waals surface area contributed by atoms with Crippen molar-refractivity contribution in [3.63, 3.8) is 0 Å². The molecule has 0 saturated carbocycles. The lowest BCUT2D eigenvalue weighted by molar-refractivity contribution is 0.0953. The standard InChI is InChI=1S/C11H16BrN3O3S/c1-7-9(5-8(12)6-10(7)13)11(16)15-3-2-4-19(14,17)18/h5-6H,2-4,13H2,1H3,(H,15,16)(H2,14,17,18). The summed E-state index contributed by atoms with van der Waals surface area (Å²) in [5, 5.41) is 7.50. The smallest absolute Gasteiger partial charge is 0.251 e. The maximum atomic E-state index is 11.9. The molecule has 1 amide bonds. The molecule has 0 heterocycles. The number of sulfonamides is 1. The van der Waals surface area contributed by atoms with Crippen LogP contribution in [0, 0.1) is 6.92 Å². The van der Waals surface area contributed by atoms with E-state index in [2.05, 4.69) is 21.2 Å². The highest BCUT2D eigenvalue weighted by atomic mass is 79.9. The number of halogens is 1. The van der Waals surface area contributed by atoms with Crippen LogP contribution < -0.4 is 16.2 Å². The van der Waals surface area contributed by atoms with E-state index >= 15 is 0 Å². The van der Waals surface area contributed by atoms with Crippen molar-refractivity contribution in [1.29, 1.82) is 0 Å². The Bertz CT molecular complexity index is 587. The van der Waals surface area contributed by atoms with E-state index in [9.17, 15) is 13.2 Å². The van der Waals surface area contributed by atoms with Gasteiger partial charge in [-0.3, -0.25) is 4.79 Å². The molecule has 106 valence electrons. The summed E-state index contributed by atoms with van der Waals surface area (Å²) < 4.78 is 22.2. The van der Waals surface area contributed by atoms with Gasteiger partial charge in [0.05, 0.1) is 5.75 Å². The summed E-state index contributed by atoms with van der Waals surface area (Å²) in [6, 6.07) is 3.38. The zero-order chi connectivity index (χ0) is 14.6. The van der Waals surface area contributed by atoms with Crippen LogP contribution in [-0.2, 0) is 10.0 Å². The first kappa shape index (κ1) is 15.9. The molecule has 5 N–H and O–H groups in total. The van der Waals surface area contributed by atoms with E-state index in [1.807, 2.05) is 0 Å². The topological polar surface area (TPSA) is 115 Å². The van der Waals surface area contributed by atoms with Gasteiger partial charge >= 0.3 is 0 Å². The van der Waals surface area contributed by atoms with Crippen molar-refractivity contribution in [3.8, 4) is 0 Å². The van der Waals surface area contributed by atoms with E-state index in [4.69, 9.17) is 10.9 Å². The molecule has 8 heteroatoms. The number of hydrogen-bond acceptors (Lipinski definition) is 4. The van der Waals surface area contributed by atoms with Crippen LogP contribution in [0.2, 0.25) is 0 Å². The van der Waals surface area contributed by atoms with Crippen molar-refractivity contribution in [3.05, 3.63) is 27.7 Å². The van der Waals surface area contributed by atoms with Gasteiger partial charge in [-0.15, -0.1) is 0 Å². The number of carbonyl (C=O) groups is 1. The fraction of sp³-hybridized carbons (Fsp3) is 0.364. The molecular weight excluding hydrogens is 334 g/mol. The Balaban J connectivity index is 2.64. The van der Waals surface area contributed by atoms with Gasteiger partial charge in [0.15, 0.2) is 0 Å². The number of nitrogens with one attached hydrogen (secondary N) is 1. The van der Waals surface area contributed by atoms with E-state index in [0.29, 0.717) is 21.3 Å². The Morgan fingerprint density at radius 3 is 2.63 bits per heavy atom. The molecular formula is C11H16BrN3O3S. The molecule has 1 aromatic rings. The zero-order valence-electron chi connectivity index (χ0n) is 10.4. The Hall–Kier alpha value is -1.12. The zero-order valence-corrected chi connectivity index (χ0v) is 12.8. The maximum Gasteiger partial charge on any atom is 0.251 e. The molecule has 0 atom stereocenters. The van der Waals surface area contributed by atoms with Crippen molar-refractivity contribution < 1.29 is 13.2 Å². The summed E-state index contributed by atoms with van der Waals surface area (Å²) in [5.41, 5.74) is 7.43. The molecule has 0 aliphatic rings. The average Bonchev–Trinajstić information content (AvgIpc) is 2.27. The molecule has 0 bridgehead atoms. The van der Waals surface area contributed by atoms with Crippen LogP contribution in [0.3, 0.4) is 0 Å². The summed E-state index contributed by atoms with van der Waals surface area (Å²) in [6.45, 7) is 1.99. The van der Waals surface area contributed by atoms with Gasteiger partial charge in [-0.25, -0.2) is 13.6 Å². The number of nitrogen functional groups attached to an aromatic ring is 1. The molecule has 0 radical (unpaired) electrons. The molecule has 6 nitrogen and oxygen atoms in total. The third-order valence-corrected chi connectivity index (χ3v) is 3.86. The second-order valence-corrected chi connectivity index (χ2v) is 6.79.